The number of halogens is 1. The van der Waals surface area contributed by atoms with E-state index < -0.39 is 0 Å². The van der Waals surface area contributed by atoms with Crippen molar-refractivity contribution in [2.24, 2.45) is 4.99 Å². The summed E-state index contributed by atoms with van der Waals surface area (Å²) in [5, 5.41) is 22.1. The lowest BCUT2D eigenvalue weighted by Crippen LogP contribution is -2.32. The van der Waals surface area contributed by atoms with Gasteiger partial charge in [0, 0.05) is 18.0 Å². The number of fused-ring (bicyclic) bond motifs is 1. The van der Waals surface area contributed by atoms with Crippen LogP contribution in [0.5, 0.6) is 11.5 Å². The molecule has 1 aliphatic carbocycles. The van der Waals surface area contributed by atoms with Gasteiger partial charge in [0.1, 0.15) is 5.84 Å². The maximum absolute atomic E-state index is 9.59. The van der Waals surface area contributed by atoms with E-state index in [-0.39, 0.29) is 34.4 Å². The molecule has 0 fully saturated rings. The van der Waals surface area contributed by atoms with Gasteiger partial charge in [-0.05, 0) is 18.1 Å². The van der Waals surface area contributed by atoms with Crippen LogP contribution in [0, 0.1) is 0 Å². The van der Waals surface area contributed by atoms with E-state index in [1.807, 2.05) is 6.07 Å². The topological polar surface area (TPSA) is 64.8 Å². The predicted octanol–water partition coefficient (Wildman–Crippen LogP) is 1.32. The number of phenols is 2. The summed E-state index contributed by atoms with van der Waals surface area (Å²) in [5.74, 6) is 1.30. The predicted molar refractivity (Wildman–Crippen MR) is 66.8 cm³/mol. The smallest absolute Gasteiger partial charge is 0.161 e. The Morgan fingerprint density at radius 2 is 2.12 bits per heavy atom. The first-order valence-electron chi connectivity index (χ1n) is 5.09. The largest absolute Gasteiger partial charge is 0.504 e. The van der Waals surface area contributed by atoms with Gasteiger partial charge in [0.2, 0.25) is 0 Å². The van der Waals surface area contributed by atoms with Crippen LogP contribution < -0.4 is 5.32 Å². The van der Waals surface area contributed by atoms with E-state index in [0.717, 1.165) is 36.5 Å². The van der Waals surface area contributed by atoms with Gasteiger partial charge in [-0.15, -0.1) is 17.0 Å². The van der Waals surface area contributed by atoms with Gasteiger partial charge in [-0.1, -0.05) is 6.07 Å². The number of amidine groups is 1. The molecule has 0 bridgehead atoms. The Morgan fingerprint density at radius 1 is 1.31 bits per heavy atom. The number of nitrogens with zero attached hydrogens (tertiary/aromatic N) is 1. The Bertz CT molecular complexity index is 460. The molecule has 1 heterocycles. The maximum atomic E-state index is 9.59. The fourth-order valence-corrected chi connectivity index (χ4v) is 2.26. The first kappa shape index (κ1) is 11.3. The molecule has 1 aromatic rings. The molecule has 3 N–H and O–H groups in total. The third-order valence-electron chi connectivity index (χ3n) is 3.11. The van der Waals surface area contributed by atoms with Crippen molar-refractivity contribution in [1.29, 1.82) is 0 Å². The Morgan fingerprint density at radius 3 is 2.81 bits per heavy atom. The van der Waals surface area contributed by atoms with Crippen LogP contribution in [-0.4, -0.2) is 29.1 Å². The molecular weight excluding hydrogens is 272 g/mol. The second-order valence-electron chi connectivity index (χ2n) is 3.95. The normalized spacial score (nSPS) is 21.2. The first-order valence-corrected chi connectivity index (χ1v) is 5.09. The van der Waals surface area contributed by atoms with Crippen molar-refractivity contribution in [3.63, 3.8) is 0 Å². The zero-order chi connectivity index (χ0) is 10.4. The van der Waals surface area contributed by atoms with Crippen molar-refractivity contribution in [3.05, 3.63) is 23.3 Å². The monoisotopic (exact) mass is 284 g/mol. The van der Waals surface area contributed by atoms with Gasteiger partial charge in [-0.2, -0.15) is 0 Å². The van der Waals surface area contributed by atoms with E-state index in [0.29, 0.717) is 0 Å². The summed E-state index contributed by atoms with van der Waals surface area (Å²) in [4.78, 5) is 4.37. The van der Waals surface area contributed by atoms with E-state index in [1.54, 1.807) is 0 Å². The molecule has 16 heavy (non-hydrogen) atoms. The summed E-state index contributed by atoms with van der Waals surface area (Å²) in [5.41, 5.74) is 1.94. The van der Waals surface area contributed by atoms with Crippen molar-refractivity contribution >= 4 is 22.8 Å². The molecule has 0 amide bonds. The minimum Gasteiger partial charge on any atom is -0.504 e. The lowest BCUT2D eigenvalue weighted by molar-refractivity contribution is 0.394. The third kappa shape index (κ3) is 1.46. The number of aliphatic imine (C=N–C) groups is 1. The summed E-state index contributed by atoms with van der Waals surface area (Å²) in [7, 11) is 0. The number of phenolic OH excluding ortho intramolecular Hbond substituents is 2. The molecule has 4 nitrogen and oxygen atoms in total. The SMILES string of the molecule is Br.Oc1ccc2c(c1O)CC2C1=NCCN1. The van der Waals surface area contributed by atoms with Crippen molar-refractivity contribution in [1.82, 2.24) is 5.32 Å². The maximum Gasteiger partial charge on any atom is 0.161 e. The van der Waals surface area contributed by atoms with Crippen LogP contribution in [0.3, 0.4) is 0 Å². The number of benzene rings is 1. The van der Waals surface area contributed by atoms with Gasteiger partial charge >= 0.3 is 0 Å². The average molecular weight is 285 g/mol. The third-order valence-corrected chi connectivity index (χ3v) is 3.11. The highest BCUT2D eigenvalue weighted by atomic mass is 79.9. The molecule has 0 aromatic heterocycles. The number of rotatable bonds is 1. The molecule has 0 spiro atoms. The fraction of sp³-hybridized carbons (Fsp3) is 0.364. The molecule has 5 heteroatoms. The Labute approximate surface area is 104 Å². The van der Waals surface area contributed by atoms with Gasteiger partial charge in [0.25, 0.3) is 0 Å². The van der Waals surface area contributed by atoms with Gasteiger partial charge < -0.3 is 15.5 Å². The van der Waals surface area contributed by atoms with Gasteiger partial charge in [-0.25, -0.2) is 0 Å². The first-order chi connectivity index (χ1) is 7.27. The highest BCUT2D eigenvalue weighted by molar-refractivity contribution is 8.93. The van der Waals surface area contributed by atoms with Crippen LogP contribution in [0.1, 0.15) is 17.0 Å². The van der Waals surface area contributed by atoms with Crippen LogP contribution in [-0.2, 0) is 6.42 Å². The minimum absolute atomic E-state index is 0. The van der Waals surface area contributed by atoms with Crippen molar-refractivity contribution in [2.45, 2.75) is 12.3 Å². The molecule has 0 saturated heterocycles. The highest BCUT2D eigenvalue weighted by Crippen LogP contribution is 2.45. The molecule has 1 atom stereocenters. The number of hydrogen-bond donors (Lipinski definition) is 3. The lowest BCUT2D eigenvalue weighted by Gasteiger charge is -2.31. The van der Waals surface area contributed by atoms with Crippen molar-refractivity contribution in [3.8, 4) is 11.5 Å². The summed E-state index contributed by atoms with van der Waals surface area (Å²) in [6.07, 6.45) is 0.765. The van der Waals surface area contributed by atoms with Crippen LogP contribution in [0.15, 0.2) is 17.1 Å². The highest BCUT2D eigenvalue weighted by Gasteiger charge is 2.34. The van der Waals surface area contributed by atoms with E-state index >= 15 is 0 Å². The number of nitrogens with one attached hydrogen (secondary N) is 1. The van der Waals surface area contributed by atoms with E-state index in [9.17, 15) is 10.2 Å². The molecule has 0 radical (unpaired) electrons. The molecule has 1 unspecified atom stereocenters. The second kappa shape index (κ2) is 3.97. The average Bonchev–Trinajstić information content (AvgIpc) is 2.67. The lowest BCUT2D eigenvalue weighted by atomic mass is 9.76. The van der Waals surface area contributed by atoms with Gasteiger partial charge in [0.15, 0.2) is 11.5 Å². The number of hydrogen-bond acceptors (Lipinski definition) is 4. The summed E-state index contributed by atoms with van der Waals surface area (Å²) < 4.78 is 0. The zero-order valence-electron chi connectivity index (χ0n) is 8.60. The summed E-state index contributed by atoms with van der Waals surface area (Å²) in [6.45, 7) is 1.75. The standard InChI is InChI=1S/C11H12N2O2.BrH/c14-9-2-1-6-7(10(9)15)5-8(6)11-12-3-4-13-11;/h1-2,8,14-15H,3-5H2,(H,12,13);1H. The summed E-state index contributed by atoms with van der Waals surface area (Å²) >= 11 is 0. The van der Waals surface area contributed by atoms with Crippen molar-refractivity contribution in [2.75, 3.05) is 13.1 Å². The molecule has 86 valence electrons. The second-order valence-corrected chi connectivity index (χ2v) is 3.95. The Balaban J connectivity index is 0.000000963. The van der Waals surface area contributed by atoms with Crippen LogP contribution in [0.2, 0.25) is 0 Å². The van der Waals surface area contributed by atoms with Gasteiger partial charge in [0.05, 0.1) is 6.54 Å². The molecular formula is C11H13BrN2O2. The zero-order valence-corrected chi connectivity index (χ0v) is 10.3. The Hall–Kier alpha value is -1.23. The molecule has 2 aliphatic rings. The molecule has 3 rings (SSSR count). The Kier molecular flexibility index (Phi) is 2.80. The van der Waals surface area contributed by atoms with Crippen LogP contribution in [0.25, 0.3) is 0 Å². The van der Waals surface area contributed by atoms with Crippen molar-refractivity contribution < 1.29 is 10.2 Å². The van der Waals surface area contributed by atoms with E-state index in [2.05, 4.69) is 10.3 Å². The molecule has 1 aliphatic heterocycles. The summed E-state index contributed by atoms with van der Waals surface area (Å²) in [6, 6.07) is 3.40. The van der Waals surface area contributed by atoms with E-state index in [1.165, 1.54) is 6.07 Å². The van der Waals surface area contributed by atoms with E-state index in [4.69, 9.17) is 0 Å². The molecule has 0 saturated carbocycles. The van der Waals surface area contributed by atoms with Gasteiger partial charge in [-0.3, -0.25) is 4.99 Å². The molecule has 1 aromatic carbocycles. The van der Waals surface area contributed by atoms with Crippen LogP contribution in [0.4, 0.5) is 0 Å². The minimum atomic E-state index is -0.0338. The van der Waals surface area contributed by atoms with Crippen LogP contribution >= 0.6 is 17.0 Å². The fourth-order valence-electron chi connectivity index (χ4n) is 2.26. The quantitative estimate of drug-likeness (QED) is 0.682. The number of aromatic hydroxyl groups is 2.